The molecule has 0 saturated carbocycles. The number of nitrogens with one attached hydrogen (secondary N) is 1. The monoisotopic (exact) mass is 348 g/mol. The summed E-state index contributed by atoms with van der Waals surface area (Å²) < 4.78 is 1.16. The first-order chi connectivity index (χ1) is 9.72. The molecule has 0 atom stereocenters. The van der Waals surface area contributed by atoms with Gasteiger partial charge in [-0.05, 0) is 52.7 Å². The molecule has 6 heteroatoms. The maximum absolute atomic E-state index is 5.77. The van der Waals surface area contributed by atoms with Gasteiger partial charge in [0.1, 0.15) is 12.1 Å². The number of aromatic nitrogens is 2. The van der Waals surface area contributed by atoms with Gasteiger partial charge in [-0.25, -0.2) is 9.97 Å². The Hall–Kier alpha value is -1.66. The van der Waals surface area contributed by atoms with Crippen molar-refractivity contribution in [3.05, 3.63) is 45.3 Å². The summed E-state index contributed by atoms with van der Waals surface area (Å²) >= 11 is 5.23. The number of nitrogen functional groups attached to an aromatic ring is 1. The van der Waals surface area contributed by atoms with Crippen molar-refractivity contribution in [2.24, 2.45) is 0 Å². The van der Waals surface area contributed by atoms with E-state index in [9.17, 15) is 0 Å². The van der Waals surface area contributed by atoms with Gasteiger partial charge in [-0.3, -0.25) is 0 Å². The predicted molar refractivity (Wildman–Crippen MR) is 88.2 cm³/mol. The van der Waals surface area contributed by atoms with E-state index in [0.29, 0.717) is 5.69 Å². The van der Waals surface area contributed by atoms with Crippen molar-refractivity contribution in [2.75, 3.05) is 17.6 Å². The first-order valence-corrected chi connectivity index (χ1v) is 7.81. The Bertz CT molecular complexity index is 741. The van der Waals surface area contributed by atoms with Crippen LogP contribution in [0.3, 0.4) is 0 Å². The molecule has 102 valence electrons. The lowest BCUT2D eigenvalue weighted by molar-refractivity contribution is 1.03. The van der Waals surface area contributed by atoms with E-state index < -0.39 is 0 Å². The van der Waals surface area contributed by atoms with E-state index in [4.69, 9.17) is 5.73 Å². The Morgan fingerprint density at radius 3 is 2.90 bits per heavy atom. The summed E-state index contributed by atoms with van der Waals surface area (Å²) in [5, 5.41) is 4.36. The van der Waals surface area contributed by atoms with Gasteiger partial charge in [-0.1, -0.05) is 0 Å². The molecule has 3 aromatic rings. The van der Waals surface area contributed by atoms with Crippen molar-refractivity contribution in [2.45, 2.75) is 6.42 Å². The second-order valence-electron chi connectivity index (χ2n) is 4.38. The zero-order chi connectivity index (χ0) is 13.9. The lowest BCUT2D eigenvalue weighted by Crippen LogP contribution is -2.06. The average molecular weight is 349 g/mol. The summed E-state index contributed by atoms with van der Waals surface area (Å²) in [4.78, 5) is 9.88. The number of benzene rings is 1. The number of rotatable bonds is 4. The van der Waals surface area contributed by atoms with E-state index in [1.54, 1.807) is 17.7 Å². The maximum Gasteiger partial charge on any atom is 0.137 e. The van der Waals surface area contributed by atoms with Gasteiger partial charge in [-0.15, -0.1) is 11.3 Å². The molecule has 2 aromatic heterocycles. The van der Waals surface area contributed by atoms with E-state index in [1.807, 2.05) is 18.2 Å². The van der Waals surface area contributed by atoms with Crippen LogP contribution >= 0.6 is 27.3 Å². The quantitative estimate of drug-likeness (QED) is 0.705. The molecule has 0 aliphatic carbocycles. The van der Waals surface area contributed by atoms with Gasteiger partial charge in [-0.2, -0.15) is 0 Å². The fourth-order valence-electron chi connectivity index (χ4n) is 2.01. The molecule has 0 aliphatic rings. The fraction of sp³-hybridized carbons (Fsp3) is 0.143. The largest absolute Gasteiger partial charge is 0.399 e. The maximum atomic E-state index is 5.77. The Labute approximate surface area is 129 Å². The van der Waals surface area contributed by atoms with E-state index in [2.05, 4.69) is 43.3 Å². The topological polar surface area (TPSA) is 63.8 Å². The molecule has 1 aromatic carbocycles. The number of nitrogens with two attached hydrogens (primary N) is 1. The van der Waals surface area contributed by atoms with Gasteiger partial charge in [0.15, 0.2) is 0 Å². The van der Waals surface area contributed by atoms with Crippen molar-refractivity contribution in [3.8, 4) is 0 Å². The molecule has 3 rings (SSSR count). The average Bonchev–Trinajstić information content (AvgIpc) is 2.84. The van der Waals surface area contributed by atoms with Gasteiger partial charge >= 0.3 is 0 Å². The van der Waals surface area contributed by atoms with Crippen molar-refractivity contribution < 1.29 is 0 Å². The molecule has 20 heavy (non-hydrogen) atoms. The van der Waals surface area contributed by atoms with Crippen molar-refractivity contribution in [3.63, 3.8) is 0 Å². The molecule has 4 nitrogen and oxygen atoms in total. The lowest BCUT2D eigenvalue weighted by Gasteiger charge is -2.07. The van der Waals surface area contributed by atoms with Crippen LogP contribution in [0.4, 0.5) is 11.5 Å². The predicted octanol–water partition coefficient (Wildman–Crippen LogP) is 3.69. The third kappa shape index (κ3) is 2.91. The van der Waals surface area contributed by atoms with Gasteiger partial charge in [0.25, 0.3) is 0 Å². The molecular formula is C14H13BrN4S. The molecular weight excluding hydrogens is 336 g/mol. The minimum Gasteiger partial charge on any atom is -0.399 e. The van der Waals surface area contributed by atoms with E-state index >= 15 is 0 Å². The summed E-state index contributed by atoms with van der Waals surface area (Å²) in [6, 6.07) is 9.89. The van der Waals surface area contributed by atoms with Gasteiger partial charge < -0.3 is 11.1 Å². The molecule has 0 spiro atoms. The lowest BCUT2D eigenvalue weighted by atomic mass is 10.2. The molecule has 0 fully saturated rings. The molecule has 0 radical (unpaired) electrons. The number of nitrogens with zero attached hydrogens (tertiary/aromatic N) is 2. The Kier molecular flexibility index (Phi) is 3.84. The van der Waals surface area contributed by atoms with Gasteiger partial charge in [0, 0.05) is 22.5 Å². The number of hydrogen-bond donors (Lipinski definition) is 2. The highest BCUT2D eigenvalue weighted by atomic mass is 79.9. The summed E-state index contributed by atoms with van der Waals surface area (Å²) in [5.41, 5.74) is 7.34. The standard InChI is InChI=1S/C14H13BrN4S/c15-13-4-2-10(20-13)5-6-17-14-11-3-1-9(16)7-12(11)18-8-19-14/h1-4,7-8H,5-6,16H2,(H,17,18,19). The summed E-state index contributed by atoms with van der Waals surface area (Å²) in [7, 11) is 0. The number of hydrogen-bond acceptors (Lipinski definition) is 5. The van der Waals surface area contributed by atoms with Crippen molar-refractivity contribution in [1.29, 1.82) is 0 Å². The highest BCUT2D eigenvalue weighted by Gasteiger charge is 2.04. The molecule has 0 amide bonds. The van der Waals surface area contributed by atoms with Crippen molar-refractivity contribution in [1.82, 2.24) is 9.97 Å². The highest BCUT2D eigenvalue weighted by Crippen LogP contribution is 2.23. The van der Waals surface area contributed by atoms with E-state index in [-0.39, 0.29) is 0 Å². The molecule has 2 heterocycles. The minimum absolute atomic E-state index is 0.714. The van der Waals surface area contributed by atoms with Crippen molar-refractivity contribution >= 4 is 49.7 Å². The van der Waals surface area contributed by atoms with Crippen LogP contribution in [0.25, 0.3) is 10.9 Å². The molecule has 0 bridgehead atoms. The molecule has 3 N–H and O–H groups in total. The summed E-state index contributed by atoms with van der Waals surface area (Å²) in [6.45, 7) is 0.837. The normalized spacial score (nSPS) is 10.8. The Morgan fingerprint density at radius 1 is 1.20 bits per heavy atom. The Balaban J connectivity index is 1.74. The van der Waals surface area contributed by atoms with Crippen LogP contribution in [0.1, 0.15) is 4.88 Å². The first-order valence-electron chi connectivity index (χ1n) is 6.21. The number of thiophene rings is 1. The van der Waals surface area contributed by atoms with Crippen LogP contribution < -0.4 is 11.1 Å². The molecule has 0 saturated heterocycles. The van der Waals surface area contributed by atoms with Crippen LogP contribution in [0.15, 0.2) is 40.4 Å². The second kappa shape index (κ2) is 5.76. The number of halogens is 1. The van der Waals surface area contributed by atoms with E-state index in [0.717, 1.165) is 33.5 Å². The number of fused-ring (bicyclic) bond motifs is 1. The zero-order valence-corrected chi connectivity index (χ0v) is 13.0. The molecule has 0 unspecified atom stereocenters. The SMILES string of the molecule is Nc1ccc2c(NCCc3ccc(Br)s3)ncnc2c1. The molecule has 0 aliphatic heterocycles. The fourth-order valence-corrected chi connectivity index (χ4v) is 3.49. The third-order valence-corrected chi connectivity index (χ3v) is 4.64. The van der Waals surface area contributed by atoms with E-state index in [1.165, 1.54) is 4.88 Å². The van der Waals surface area contributed by atoms with Gasteiger partial charge in [0.05, 0.1) is 9.30 Å². The van der Waals surface area contributed by atoms with Crippen LogP contribution in [-0.2, 0) is 6.42 Å². The first kappa shape index (κ1) is 13.3. The minimum atomic E-state index is 0.714. The summed E-state index contributed by atoms with van der Waals surface area (Å²) in [6.07, 6.45) is 2.53. The summed E-state index contributed by atoms with van der Waals surface area (Å²) in [5.74, 6) is 0.852. The van der Waals surface area contributed by atoms with Gasteiger partial charge in [0.2, 0.25) is 0 Å². The van der Waals surface area contributed by atoms with Crippen LogP contribution in [-0.4, -0.2) is 16.5 Å². The van der Waals surface area contributed by atoms with Crippen LogP contribution in [0.5, 0.6) is 0 Å². The highest BCUT2D eigenvalue weighted by molar-refractivity contribution is 9.11. The number of anilines is 2. The zero-order valence-electron chi connectivity index (χ0n) is 10.6. The second-order valence-corrected chi connectivity index (χ2v) is 6.93. The smallest absolute Gasteiger partial charge is 0.137 e. The van der Waals surface area contributed by atoms with Crippen LogP contribution in [0, 0.1) is 0 Å². The third-order valence-electron chi connectivity index (χ3n) is 2.95. The Morgan fingerprint density at radius 2 is 2.10 bits per heavy atom. The van der Waals surface area contributed by atoms with Crippen LogP contribution in [0.2, 0.25) is 0 Å².